The molecule has 0 bridgehead atoms. The van der Waals surface area contributed by atoms with Gasteiger partial charge in [-0.15, -0.1) is 0 Å². The summed E-state index contributed by atoms with van der Waals surface area (Å²) >= 11 is 0. The van der Waals surface area contributed by atoms with Gasteiger partial charge in [-0.05, 0) is 6.42 Å². The van der Waals surface area contributed by atoms with Crippen molar-refractivity contribution in [1.82, 2.24) is 5.32 Å². The number of hydrogen-bond acceptors (Lipinski definition) is 2. The van der Waals surface area contributed by atoms with Crippen LogP contribution in [0.4, 0.5) is 35.1 Å². The van der Waals surface area contributed by atoms with Crippen LogP contribution in [0, 0.1) is 0 Å². The van der Waals surface area contributed by atoms with Gasteiger partial charge in [0.25, 0.3) is 0 Å². The summed E-state index contributed by atoms with van der Waals surface area (Å²) in [5, 5.41) is 1.72. The Kier molecular flexibility index (Phi) is 3.78. The molecule has 0 radical (unpaired) electrons. The van der Waals surface area contributed by atoms with E-state index in [0.29, 0.717) is 0 Å². The topological polar surface area (TPSA) is 24.4 Å². The van der Waals surface area contributed by atoms with Crippen LogP contribution in [-0.2, 0) is 0 Å². The highest BCUT2D eigenvalue weighted by Gasteiger charge is 2.77. The monoisotopic (exact) mass is 284 g/mol. The highest BCUT2D eigenvalue weighted by atomic mass is 19.4. The maximum Gasteiger partial charge on any atom is 0.385 e. The van der Waals surface area contributed by atoms with E-state index in [9.17, 15) is 35.1 Å². The second kappa shape index (κ2) is 4.54. The molecule has 0 aliphatic carbocycles. The predicted molar refractivity (Wildman–Crippen MR) is 45.8 cm³/mol. The van der Waals surface area contributed by atoms with E-state index in [1.54, 1.807) is 5.32 Å². The molecule has 0 saturated heterocycles. The normalized spacial score (nSPS) is 18.6. The van der Waals surface area contributed by atoms with Gasteiger partial charge in [-0.3, -0.25) is 4.99 Å². The van der Waals surface area contributed by atoms with Crippen LogP contribution >= 0.6 is 0 Å². The Morgan fingerprint density at radius 2 is 1.61 bits per heavy atom. The van der Waals surface area contributed by atoms with Gasteiger partial charge in [-0.1, -0.05) is 0 Å². The zero-order valence-corrected chi connectivity index (χ0v) is 8.67. The number of halogens is 8. The van der Waals surface area contributed by atoms with Crippen LogP contribution < -0.4 is 5.32 Å². The van der Waals surface area contributed by atoms with Crippen molar-refractivity contribution in [3.05, 3.63) is 0 Å². The standard InChI is InChI=1S/C8H8F8N2/c9-4(10)6(11,12)8(15,16)7(13,14)5-17-2-1-3-18-5/h4H,1-3H2,(H,17,18). The van der Waals surface area contributed by atoms with Gasteiger partial charge in [0.05, 0.1) is 0 Å². The summed E-state index contributed by atoms with van der Waals surface area (Å²) in [7, 11) is 0. The van der Waals surface area contributed by atoms with Crippen molar-refractivity contribution in [1.29, 1.82) is 0 Å². The predicted octanol–water partition coefficient (Wildman–Crippen LogP) is 2.55. The second-order valence-corrected chi connectivity index (χ2v) is 3.58. The fourth-order valence-corrected chi connectivity index (χ4v) is 1.24. The lowest BCUT2D eigenvalue weighted by atomic mass is 10.0. The van der Waals surface area contributed by atoms with Crippen molar-refractivity contribution in [3.63, 3.8) is 0 Å². The van der Waals surface area contributed by atoms with Gasteiger partial charge in [0.1, 0.15) is 0 Å². The molecule has 18 heavy (non-hydrogen) atoms. The molecule has 0 aromatic carbocycles. The van der Waals surface area contributed by atoms with Crippen molar-refractivity contribution in [2.75, 3.05) is 13.1 Å². The molecule has 0 atom stereocenters. The Morgan fingerprint density at radius 3 is 2.00 bits per heavy atom. The Labute approximate surface area is 96.1 Å². The van der Waals surface area contributed by atoms with Crippen LogP contribution in [0.25, 0.3) is 0 Å². The molecule has 0 aromatic rings. The lowest BCUT2D eigenvalue weighted by Crippen LogP contribution is -2.63. The summed E-state index contributed by atoms with van der Waals surface area (Å²) in [5.74, 6) is -19.6. The minimum atomic E-state index is -6.24. The van der Waals surface area contributed by atoms with E-state index in [-0.39, 0.29) is 19.5 Å². The Hall–Kier alpha value is -1.09. The van der Waals surface area contributed by atoms with Gasteiger partial charge in [0, 0.05) is 13.1 Å². The average Bonchev–Trinajstić information content (AvgIpc) is 2.29. The maximum absolute atomic E-state index is 13.2. The number of rotatable bonds is 4. The van der Waals surface area contributed by atoms with Crippen LogP contribution in [0.15, 0.2) is 4.99 Å². The van der Waals surface area contributed by atoms with Gasteiger partial charge in [-0.2, -0.15) is 26.3 Å². The molecule has 0 aromatic heterocycles. The van der Waals surface area contributed by atoms with Crippen molar-refractivity contribution in [2.45, 2.75) is 30.6 Å². The molecule has 0 fully saturated rings. The Balaban J connectivity index is 3.12. The number of aliphatic imine (C=N–C) groups is 1. The first-order valence-corrected chi connectivity index (χ1v) is 4.75. The molecular formula is C8H8F8N2. The molecule has 1 aliphatic rings. The highest BCUT2D eigenvalue weighted by molar-refractivity contribution is 5.90. The molecule has 1 rings (SSSR count). The van der Waals surface area contributed by atoms with Crippen LogP contribution in [0.5, 0.6) is 0 Å². The minimum Gasteiger partial charge on any atom is -0.369 e. The molecular weight excluding hydrogens is 276 g/mol. The third-order valence-corrected chi connectivity index (χ3v) is 2.28. The molecule has 0 amide bonds. The number of nitrogens with one attached hydrogen (secondary N) is 1. The third-order valence-electron chi connectivity index (χ3n) is 2.28. The van der Waals surface area contributed by atoms with E-state index >= 15 is 0 Å². The SMILES string of the molecule is FC(F)C(F)(F)C(F)(F)C(F)(F)C1=NCCCN1. The lowest BCUT2D eigenvalue weighted by molar-refractivity contribution is -0.319. The maximum atomic E-state index is 13.2. The summed E-state index contributed by atoms with van der Waals surface area (Å²) in [6, 6.07) is 0. The highest BCUT2D eigenvalue weighted by Crippen LogP contribution is 2.48. The molecule has 0 spiro atoms. The van der Waals surface area contributed by atoms with Crippen molar-refractivity contribution < 1.29 is 35.1 Å². The molecule has 0 unspecified atom stereocenters. The van der Waals surface area contributed by atoms with E-state index in [0.717, 1.165) is 0 Å². The fourth-order valence-electron chi connectivity index (χ4n) is 1.24. The van der Waals surface area contributed by atoms with Gasteiger partial charge in [0.2, 0.25) is 0 Å². The smallest absolute Gasteiger partial charge is 0.369 e. The second-order valence-electron chi connectivity index (χ2n) is 3.58. The number of alkyl halides is 8. The molecule has 2 nitrogen and oxygen atoms in total. The first kappa shape index (κ1) is 15.0. The largest absolute Gasteiger partial charge is 0.385 e. The van der Waals surface area contributed by atoms with Gasteiger partial charge >= 0.3 is 24.2 Å². The van der Waals surface area contributed by atoms with E-state index in [2.05, 4.69) is 4.99 Å². The fraction of sp³-hybridized carbons (Fsp3) is 0.875. The van der Waals surface area contributed by atoms with Crippen LogP contribution in [-0.4, -0.2) is 43.1 Å². The molecule has 1 heterocycles. The van der Waals surface area contributed by atoms with Crippen molar-refractivity contribution in [3.8, 4) is 0 Å². The quantitative estimate of drug-likeness (QED) is 0.788. The Morgan fingerprint density at radius 1 is 1.06 bits per heavy atom. The minimum absolute atomic E-state index is 0.176. The van der Waals surface area contributed by atoms with E-state index < -0.39 is 30.0 Å². The Bertz CT molecular complexity index is 338. The number of hydrogen-bond donors (Lipinski definition) is 1. The molecule has 10 heteroatoms. The molecule has 0 saturated carbocycles. The zero-order valence-electron chi connectivity index (χ0n) is 8.67. The average molecular weight is 284 g/mol. The van der Waals surface area contributed by atoms with Crippen molar-refractivity contribution in [2.24, 2.45) is 4.99 Å². The van der Waals surface area contributed by atoms with Gasteiger partial charge in [0.15, 0.2) is 5.84 Å². The van der Waals surface area contributed by atoms with Gasteiger partial charge in [-0.25, -0.2) is 8.78 Å². The van der Waals surface area contributed by atoms with Crippen LogP contribution in [0.2, 0.25) is 0 Å². The van der Waals surface area contributed by atoms with Crippen LogP contribution in [0.1, 0.15) is 6.42 Å². The molecule has 1 N–H and O–H groups in total. The number of nitrogens with zero attached hydrogens (tertiary/aromatic N) is 1. The summed E-state index contributed by atoms with van der Waals surface area (Å²) in [6.45, 7) is -0.445. The zero-order chi connectivity index (χ0) is 14.2. The summed E-state index contributed by atoms with van der Waals surface area (Å²) in [4.78, 5) is 2.94. The summed E-state index contributed by atoms with van der Waals surface area (Å²) in [6.07, 6.45) is -4.67. The molecule has 1 aliphatic heterocycles. The van der Waals surface area contributed by atoms with Crippen LogP contribution in [0.3, 0.4) is 0 Å². The first-order valence-electron chi connectivity index (χ1n) is 4.75. The van der Waals surface area contributed by atoms with E-state index in [4.69, 9.17) is 0 Å². The van der Waals surface area contributed by atoms with E-state index in [1.165, 1.54) is 0 Å². The number of amidine groups is 1. The van der Waals surface area contributed by atoms with Crippen molar-refractivity contribution >= 4 is 5.84 Å². The third kappa shape index (κ3) is 2.12. The lowest BCUT2D eigenvalue weighted by Gasteiger charge is -2.33. The van der Waals surface area contributed by atoms with Gasteiger partial charge < -0.3 is 5.32 Å². The first-order chi connectivity index (χ1) is 8.05. The molecule has 106 valence electrons. The summed E-state index contributed by atoms with van der Waals surface area (Å²) < 4.78 is 101. The van der Waals surface area contributed by atoms with E-state index in [1.807, 2.05) is 0 Å². The summed E-state index contributed by atoms with van der Waals surface area (Å²) in [5.41, 5.74) is 0.